The summed E-state index contributed by atoms with van der Waals surface area (Å²) < 4.78 is 5.20. The lowest BCUT2D eigenvalue weighted by molar-refractivity contribution is 0.0999. The highest BCUT2D eigenvalue weighted by molar-refractivity contribution is 5.37. The number of piperidine rings is 1. The molecular weight excluding hydrogens is 274 g/mol. The van der Waals surface area contributed by atoms with E-state index < -0.39 is 0 Å². The van der Waals surface area contributed by atoms with Crippen LogP contribution in [0.1, 0.15) is 30.4 Å². The lowest BCUT2D eigenvalue weighted by atomic mass is 10.0. The topological polar surface area (TPSA) is 39.5 Å². The number of nitriles is 1. The SMILES string of the molecule is COCCCN(Cc1ccccc1C#N)C1CCN(C)CC1. The van der Waals surface area contributed by atoms with Crippen molar-refractivity contribution in [3.05, 3.63) is 35.4 Å². The molecule has 0 aliphatic carbocycles. The van der Waals surface area contributed by atoms with Gasteiger partial charge in [0.1, 0.15) is 0 Å². The van der Waals surface area contributed by atoms with Gasteiger partial charge in [-0.05, 0) is 51.0 Å². The van der Waals surface area contributed by atoms with E-state index in [1.54, 1.807) is 7.11 Å². The van der Waals surface area contributed by atoms with E-state index in [1.165, 1.54) is 12.8 Å². The molecule has 0 atom stereocenters. The average molecular weight is 301 g/mol. The van der Waals surface area contributed by atoms with Gasteiger partial charge in [0.2, 0.25) is 0 Å². The molecule has 1 saturated heterocycles. The molecule has 0 amide bonds. The third kappa shape index (κ3) is 4.81. The lowest BCUT2D eigenvalue weighted by Gasteiger charge is -2.37. The van der Waals surface area contributed by atoms with E-state index in [1.807, 2.05) is 18.2 Å². The van der Waals surface area contributed by atoms with Crippen LogP contribution in [-0.4, -0.2) is 56.2 Å². The second kappa shape index (κ2) is 8.89. The highest BCUT2D eigenvalue weighted by Crippen LogP contribution is 2.20. The van der Waals surface area contributed by atoms with Crippen LogP contribution >= 0.6 is 0 Å². The minimum Gasteiger partial charge on any atom is -0.385 e. The molecular formula is C18H27N3O. The van der Waals surface area contributed by atoms with E-state index in [4.69, 9.17) is 4.74 Å². The van der Waals surface area contributed by atoms with Crippen molar-refractivity contribution in [1.82, 2.24) is 9.80 Å². The van der Waals surface area contributed by atoms with Gasteiger partial charge in [0.15, 0.2) is 0 Å². The summed E-state index contributed by atoms with van der Waals surface area (Å²) >= 11 is 0. The Hall–Kier alpha value is -1.41. The van der Waals surface area contributed by atoms with Gasteiger partial charge in [0, 0.05) is 32.8 Å². The lowest BCUT2D eigenvalue weighted by Crippen LogP contribution is -2.44. The molecule has 1 aromatic rings. The van der Waals surface area contributed by atoms with Gasteiger partial charge in [0.05, 0.1) is 11.6 Å². The average Bonchev–Trinajstić information content (AvgIpc) is 2.55. The second-order valence-corrected chi connectivity index (χ2v) is 6.12. The van der Waals surface area contributed by atoms with Gasteiger partial charge in [-0.15, -0.1) is 0 Å². The summed E-state index contributed by atoms with van der Waals surface area (Å²) in [7, 11) is 3.95. The predicted octanol–water partition coefficient (Wildman–Crippen LogP) is 2.49. The Morgan fingerprint density at radius 2 is 2.05 bits per heavy atom. The van der Waals surface area contributed by atoms with Gasteiger partial charge in [-0.2, -0.15) is 5.26 Å². The minimum absolute atomic E-state index is 0.611. The Morgan fingerprint density at radius 1 is 1.32 bits per heavy atom. The first-order chi connectivity index (χ1) is 10.7. The van der Waals surface area contributed by atoms with E-state index in [2.05, 4.69) is 29.0 Å². The van der Waals surface area contributed by atoms with Gasteiger partial charge in [-0.25, -0.2) is 0 Å². The van der Waals surface area contributed by atoms with Crippen molar-refractivity contribution in [2.24, 2.45) is 0 Å². The Morgan fingerprint density at radius 3 is 2.73 bits per heavy atom. The third-order valence-electron chi connectivity index (χ3n) is 4.51. The molecule has 0 unspecified atom stereocenters. The number of likely N-dealkylation sites (tertiary alicyclic amines) is 1. The monoisotopic (exact) mass is 301 g/mol. The summed E-state index contributed by atoms with van der Waals surface area (Å²) in [6.07, 6.45) is 3.45. The van der Waals surface area contributed by atoms with Gasteiger partial charge in [-0.1, -0.05) is 18.2 Å². The molecule has 22 heavy (non-hydrogen) atoms. The maximum absolute atomic E-state index is 9.30. The van der Waals surface area contributed by atoms with Crippen LogP contribution in [-0.2, 0) is 11.3 Å². The van der Waals surface area contributed by atoms with E-state index in [9.17, 15) is 5.26 Å². The number of methoxy groups -OCH3 is 1. The highest BCUT2D eigenvalue weighted by Gasteiger charge is 2.23. The fourth-order valence-electron chi connectivity index (χ4n) is 3.15. The van der Waals surface area contributed by atoms with E-state index in [0.29, 0.717) is 6.04 Å². The van der Waals surface area contributed by atoms with Gasteiger partial charge in [-0.3, -0.25) is 4.90 Å². The quantitative estimate of drug-likeness (QED) is 0.725. The van der Waals surface area contributed by atoms with Crippen LogP contribution in [0.25, 0.3) is 0 Å². The standard InChI is InChI=1S/C18H27N3O/c1-20-11-8-18(9-12-20)21(10-5-13-22-2)15-17-7-4-3-6-16(17)14-19/h3-4,6-7,18H,5,8-13,15H2,1-2H3. The molecule has 0 aromatic heterocycles. The number of hydrogen-bond acceptors (Lipinski definition) is 4. The molecule has 0 saturated carbocycles. The van der Waals surface area contributed by atoms with Crippen LogP contribution in [0.3, 0.4) is 0 Å². The molecule has 1 fully saturated rings. The molecule has 4 nitrogen and oxygen atoms in total. The van der Waals surface area contributed by atoms with Crippen molar-refractivity contribution in [2.45, 2.75) is 31.8 Å². The largest absolute Gasteiger partial charge is 0.385 e. The van der Waals surface area contributed by atoms with Crippen molar-refractivity contribution < 1.29 is 4.74 Å². The molecule has 1 aliphatic heterocycles. The first-order valence-corrected chi connectivity index (χ1v) is 8.14. The highest BCUT2D eigenvalue weighted by atomic mass is 16.5. The van der Waals surface area contributed by atoms with Crippen molar-refractivity contribution in [3.63, 3.8) is 0 Å². The number of hydrogen-bond donors (Lipinski definition) is 0. The van der Waals surface area contributed by atoms with Crippen LogP contribution in [0.2, 0.25) is 0 Å². The van der Waals surface area contributed by atoms with Gasteiger partial charge >= 0.3 is 0 Å². The number of benzene rings is 1. The normalized spacial score (nSPS) is 16.8. The Labute approximate surface area is 134 Å². The number of nitrogens with zero attached hydrogens (tertiary/aromatic N) is 3. The molecule has 0 bridgehead atoms. The first-order valence-electron chi connectivity index (χ1n) is 8.14. The van der Waals surface area contributed by atoms with Gasteiger partial charge in [0.25, 0.3) is 0 Å². The van der Waals surface area contributed by atoms with Crippen molar-refractivity contribution >= 4 is 0 Å². The minimum atomic E-state index is 0.611. The smallest absolute Gasteiger partial charge is 0.0995 e. The Balaban J connectivity index is 2.05. The van der Waals surface area contributed by atoms with Crippen LogP contribution in [0.5, 0.6) is 0 Å². The number of ether oxygens (including phenoxy) is 1. The molecule has 2 rings (SSSR count). The molecule has 0 N–H and O–H groups in total. The maximum atomic E-state index is 9.30. The van der Waals surface area contributed by atoms with Crippen LogP contribution < -0.4 is 0 Å². The number of rotatable bonds is 7. The fourth-order valence-corrected chi connectivity index (χ4v) is 3.15. The fraction of sp³-hybridized carbons (Fsp3) is 0.611. The molecule has 0 spiro atoms. The zero-order chi connectivity index (χ0) is 15.8. The molecule has 0 radical (unpaired) electrons. The summed E-state index contributed by atoms with van der Waals surface area (Å²) in [5, 5.41) is 9.30. The first kappa shape index (κ1) is 17.0. The van der Waals surface area contributed by atoms with E-state index in [-0.39, 0.29) is 0 Å². The predicted molar refractivity (Wildman–Crippen MR) is 88.6 cm³/mol. The Bertz CT molecular complexity index is 489. The van der Waals surface area contributed by atoms with E-state index in [0.717, 1.165) is 50.3 Å². The Kier molecular flexibility index (Phi) is 6.85. The van der Waals surface area contributed by atoms with Crippen molar-refractivity contribution in [2.75, 3.05) is 40.4 Å². The zero-order valence-corrected chi connectivity index (χ0v) is 13.8. The third-order valence-corrected chi connectivity index (χ3v) is 4.51. The maximum Gasteiger partial charge on any atom is 0.0995 e. The van der Waals surface area contributed by atoms with Crippen LogP contribution in [0.4, 0.5) is 0 Å². The van der Waals surface area contributed by atoms with Crippen LogP contribution in [0, 0.1) is 11.3 Å². The van der Waals surface area contributed by atoms with Gasteiger partial charge < -0.3 is 9.64 Å². The van der Waals surface area contributed by atoms with Crippen LogP contribution in [0.15, 0.2) is 24.3 Å². The molecule has 1 aliphatic rings. The molecule has 4 heteroatoms. The van der Waals surface area contributed by atoms with Crippen molar-refractivity contribution in [3.8, 4) is 6.07 Å². The zero-order valence-electron chi connectivity index (χ0n) is 13.8. The summed E-state index contributed by atoms with van der Waals surface area (Å²) in [4.78, 5) is 4.94. The molecule has 1 aromatic carbocycles. The second-order valence-electron chi connectivity index (χ2n) is 6.12. The summed E-state index contributed by atoms with van der Waals surface area (Å²) in [5.41, 5.74) is 1.94. The van der Waals surface area contributed by atoms with E-state index >= 15 is 0 Å². The summed E-state index contributed by atoms with van der Waals surface area (Å²) in [5.74, 6) is 0. The molecule has 120 valence electrons. The van der Waals surface area contributed by atoms with Crippen molar-refractivity contribution in [1.29, 1.82) is 5.26 Å². The summed E-state index contributed by atoms with van der Waals surface area (Å²) in [6.45, 7) is 5.00. The molecule has 1 heterocycles. The summed E-state index contributed by atoms with van der Waals surface area (Å²) in [6, 6.07) is 10.9.